The zero-order valence-electron chi connectivity index (χ0n) is 8.91. The van der Waals surface area contributed by atoms with Gasteiger partial charge in [0, 0.05) is 32.2 Å². The highest BCUT2D eigenvalue weighted by Gasteiger charge is 2.39. The fourth-order valence-corrected chi connectivity index (χ4v) is 3.48. The molecule has 15 heavy (non-hydrogen) atoms. The van der Waals surface area contributed by atoms with E-state index in [1.807, 2.05) is 16.7 Å². The first-order valence-corrected chi connectivity index (χ1v) is 6.30. The van der Waals surface area contributed by atoms with Crippen LogP contribution in [0.1, 0.15) is 26.2 Å². The molecule has 5 heteroatoms. The third kappa shape index (κ3) is 2.27. The number of thioether (sulfide) groups is 1. The fourth-order valence-electron chi connectivity index (χ4n) is 2.14. The smallest absolute Gasteiger partial charge is 0.221 e. The Morgan fingerprint density at radius 1 is 1.47 bits per heavy atom. The predicted octanol–water partition coefficient (Wildman–Crippen LogP) is 0.578. The Morgan fingerprint density at radius 2 is 2.13 bits per heavy atom. The largest absolute Gasteiger partial charge is 0.343 e. The van der Waals surface area contributed by atoms with Gasteiger partial charge >= 0.3 is 0 Å². The second kappa shape index (κ2) is 4.04. The number of hydrogen-bond acceptors (Lipinski definition) is 3. The van der Waals surface area contributed by atoms with Crippen molar-refractivity contribution in [3.8, 4) is 0 Å². The Bertz CT molecular complexity index is 285. The molecule has 2 aliphatic rings. The van der Waals surface area contributed by atoms with Crippen LogP contribution in [0.15, 0.2) is 0 Å². The number of carbonyl (C=O) groups is 2. The lowest BCUT2D eigenvalue weighted by Gasteiger charge is -2.43. The molecule has 0 saturated carbocycles. The monoisotopic (exact) mass is 228 g/mol. The Kier molecular flexibility index (Phi) is 2.91. The molecule has 0 aliphatic carbocycles. The number of hydrogen-bond donors (Lipinski definition) is 1. The Balaban J connectivity index is 1.96. The van der Waals surface area contributed by atoms with Crippen LogP contribution in [0.3, 0.4) is 0 Å². The molecule has 0 unspecified atom stereocenters. The normalized spacial score (nSPS) is 25.1. The van der Waals surface area contributed by atoms with Crippen LogP contribution in [0.5, 0.6) is 0 Å². The van der Waals surface area contributed by atoms with Crippen molar-refractivity contribution >= 4 is 23.6 Å². The molecular weight excluding hydrogens is 212 g/mol. The molecule has 2 rings (SSSR count). The first-order chi connectivity index (χ1) is 7.11. The summed E-state index contributed by atoms with van der Waals surface area (Å²) < 4.78 is 0. The molecule has 84 valence electrons. The van der Waals surface area contributed by atoms with Crippen molar-refractivity contribution in [3.05, 3.63) is 0 Å². The van der Waals surface area contributed by atoms with E-state index in [0.29, 0.717) is 6.42 Å². The number of amides is 2. The Hall–Kier alpha value is -0.710. The molecule has 0 bridgehead atoms. The summed E-state index contributed by atoms with van der Waals surface area (Å²) in [6, 6.07) is 0. The van der Waals surface area contributed by atoms with Gasteiger partial charge in [0.25, 0.3) is 0 Å². The maximum Gasteiger partial charge on any atom is 0.221 e. The molecule has 0 radical (unpaired) electrons. The molecule has 2 saturated heterocycles. The molecule has 0 atom stereocenters. The molecule has 2 heterocycles. The molecule has 2 aliphatic heterocycles. The SMILES string of the molecule is CC(=O)N1CCC2(CC1)NC(=O)CCS2. The standard InChI is InChI=1S/C10H16N2O2S/c1-8(13)12-5-3-10(4-6-12)11-9(14)2-7-15-10/h2-7H2,1H3,(H,11,14). The van der Waals surface area contributed by atoms with Crippen LogP contribution >= 0.6 is 11.8 Å². The van der Waals surface area contributed by atoms with Crippen LogP contribution in [-0.2, 0) is 9.59 Å². The lowest BCUT2D eigenvalue weighted by Crippen LogP contribution is -2.56. The molecule has 0 aromatic carbocycles. The highest BCUT2D eigenvalue weighted by atomic mass is 32.2. The summed E-state index contributed by atoms with van der Waals surface area (Å²) in [5, 5.41) is 3.08. The summed E-state index contributed by atoms with van der Waals surface area (Å²) in [5.74, 6) is 1.20. The van der Waals surface area contributed by atoms with E-state index >= 15 is 0 Å². The summed E-state index contributed by atoms with van der Waals surface area (Å²) in [6.45, 7) is 3.13. The van der Waals surface area contributed by atoms with Gasteiger partial charge in [-0.1, -0.05) is 0 Å². The summed E-state index contributed by atoms with van der Waals surface area (Å²) in [7, 11) is 0. The number of carbonyl (C=O) groups excluding carboxylic acids is 2. The van der Waals surface area contributed by atoms with E-state index in [9.17, 15) is 9.59 Å². The minimum absolute atomic E-state index is 0.0821. The molecule has 2 fully saturated rings. The van der Waals surface area contributed by atoms with E-state index in [2.05, 4.69) is 5.32 Å². The van der Waals surface area contributed by atoms with E-state index in [4.69, 9.17) is 0 Å². The van der Waals surface area contributed by atoms with Crippen molar-refractivity contribution < 1.29 is 9.59 Å². The van der Waals surface area contributed by atoms with Gasteiger partial charge in [-0.3, -0.25) is 9.59 Å². The average molecular weight is 228 g/mol. The molecule has 1 spiro atoms. The summed E-state index contributed by atoms with van der Waals surface area (Å²) in [5.41, 5.74) is 0. The van der Waals surface area contributed by atoms with Crippen LogP contribution in [-0.4, -0.2) is 40.4 Å². The molecule has 1 N–H and O–H groups in total. The second-order valence-corrected chi connectivity index (χ2v) is 5.63. The van der Waals surface area contributed by atoms with Crippen molar-refractivity contribution in [3.63, 3.8) is 0 Å². The average Bonchev–Trinajstić information content (AvgIpc) is 2.18. The van der Waals surface area contributed by atoms with Gasteiger partial charge in [0.05, 0.1) is 4.87 Å². The van der Waals surface area contributed by atoms with Crippen molar-refractivity contribution in [2.24, 2.45) is 0 Å². The van der Waals surface area contributed by atoms with Crippen molar-refractivity contribution in [2.45, 2.75) is 31.1 Å². The van der Waals surface area contributed by atoms with Crippen molar-refractivity contribution in [1.29, 1.82) is 0 Å². The van der Waals surface area contributed by atoms with Gasteiger partial charge in [0.1, 0.15) is 0 Å². The van der Waals surface area contributed by atoms with Gasteiger partial charge in [-0.15, -0.1) is 11.8 Å². The van der Waals surface area contributed by atoms with E-state index in [1.54, 1.807) is 6.92 Å². The minimum Gasteiger partial charge on any atom is -0.343 e. The van der Waals surface area contributed by atoms with Gasteiger partial charge < -0.3 is 10.2 Å². The summed E-state index contributed by atoms with van der Waals surface area (Å²) >= 11 is 1.83. The first kappa shape index (κ1) is 10.8. The van der Waals surface area contributed by atoms with Crippen LogP contribution in [0.25, 0.3) is 0 Å². The van der Waals surface area contributed by atoms with E-state index in [1.165, 1.54) is 0 Å². The Morgan fingerprint density at radius 3 is 2.67 bits per heavy atom. The number of piperidine rings is 1. The predicted molar refractivity (Wildman–Crippen MR) is 59.4 cm³/mol. The van der Waals surface area contributed by atoms with Gasteiger partial charge in [-0.05, 0) is 12.8 Å². The zero-order chi connectivity index (χ0) is 10.9. The van der Waals surface area contributed by atoms with Crippen LogP contribution in [0.4, 0.5) is 0 Å². The lowest BCUT2D eigenvalue weighted by atomic mass is 10.0. The van der Waals surface area contributed by atoms with E-state index in [-0.39, 0.29) is 16.7 Å². The minimum atomic E-state index is -0.0821. The Labute approximate surface area is 93.8 Å². The number of rotatable bonds is 0. The third-order valence-corrected chi connectivity index (χ3v) is 4.56. The van der Waals surface area contributed by atoms with Crippen LogP contribution in [0.2, 0.25) is 0 Å². The van der Waals surface area contributed by atoms with E-state index in [0.717, 1.165) is 31.7 Å². The maximum atomic E-state index is 11.3. The van der Waals surface area contributed by atoms with Crippen molar-refractivity contribution in [2.75, 3.05) is 18.8 Å². The molecule has 0 aromatic heterocycles. The summed E-state index contributed by atoms with van der Waals surface area (Å²) in [6.07, 6.45) is 2.38. The quantitative estimate of drug-likeness (QED) is 0.660. The summed E-state index contributed by atoms with van der Waals surface area (Å²) in [4.78, 5) is 24.3. The van der Waals surface area contributed by atoms with Gasteiger partial charge in [-0.2, -0.15) is 0 Å². The first-order valence-electron chi connectivity index (χ1n) is 5.32. The molecule has 2 amide bonds. The fraction of sp³-hybridized carbons (Fsp3) is 0.800. The molecule has 0 aromatic rings. The van der Waals surface area contributed by atoms with E-state index < -0.39 is 0 Å². The highest BCUT2D eigenvalue weighted by molar-refractivity contribution is 8.00. The topological polar surface area (TPSA) is 49.4 Å². The van der Waals surface area contributed by atoms with Gasteiger partial charge in [0.2, 0.25) is 11.8 Å². The second-order valence-electron chi connectivity index (χ2n) is 4.15. The van der Waals surface area contributed by atoms with Crippen molar-refractivity contribution in [1.82, 2.24) is 10.2 Å². The lowest BCUT2D eigenvalue weighted by molar-refractivity contribution is -0.130. The number of likely N-dealkylation sites (tertiary alicyclic amines) is 1. The molecule has 4 nitrogen and oxygen atoms in total. The zero-order valence-corrected chi connectivity index (χ0v) is 9.73. The van der Waals surface area contributed by atoms with Crippen LogP contribution in [0, 0.1) is 0 Å². The highest BCUT2D eigenvalue weighted by Crippen LogP contribution is 2.36. The van der Waals surface area contributed by atoms with Crippen LogP contribution < -0.4 is 5.32 Å². The third-order valence-electron chi connectivity index (χ3n) is 3.09. The number of nitrogens with zero attached hydrogens (tertiary/aromatic N) is 1. The number of nitrogens with one attached hydrogen (secondary N) is 1. The van der Waals surface area contributed by atoms with Gasteiger partial charge in [0.15, 0.2) is 0 Å². The molecular formula is C10H16N2O2S. The van der Waals surface area contributed by atoms with Gasteiger partial charge in [-0.25, -0.2) is 0 Å². The maximum absolute atomic E-state index is 11.3.